The van der Waals surface area contributed by atoms with E-state index in [-0.39, 0.29) is 6.03 Å². The summed E-state index contributed by atoms with van der Waals surface area (Å²) in [6.45, 7) is 2.21. The third-order valence-electron chi connectivity index (χ3n) is 2.58. The Hall–Kier alpha value is -1.26. The van der Waals surface area contributed by atoms with Crippen LogP contribution in [0.2, 0.25) is 0 Å². The summed E-state index contributed by atoms with van der Waals surface area (Å²) in [5.41, 5.74) is 0. The van der Waals surface area contributed by atoms with Gasteiger partial charge in [0.25, 0.3) is 0 Å². The number of hydrogen-bond donors (Lipinski definition) is 2. The number of amides is 3. The van der Waals surface area contributed by atoms with Gasteiger partial charge in [0, 0.05) is 26.7 Å². The zero-order chi connectivity index (χ0) is 10.4. The van der Waals surface area contributed by atoms with Gasteiger partial charge in [0.05, 0.1) is 0 Å². The second-order valence-electron chi connectivity index (χ2n) is 3.47. The molecule has 0 unspecified atom stereocenters. The van der Waals surface area contributed by atoms with E-state index >= 15 is 0 Å². The average molecular weight is 198 g/mol. The lowest BCUT2D eigenvalue weighted by atomic mass is 9.97. The highest BCUT2D eigenvalue weighted by atomic mass is 16.2. The van der Waals surface area contributed by atoms with E-state index in [1.807, 2.05) is 0 Å². The van der Waals surface area contributed by atoms with Crippen molar-refractivity contribution in [2.24, 2.45) is 5.92 Å². The summed E-state index contributed by atoms with van der Waals surface area (Å²) in [5.74, 6) is 0.484. The maximum Gasteiger partial charge on any atom is 0.317 e. The molecule has 1 saturated heterocycles. The summed E-state index contributed by atoms with van der Waals surface area (Å²) in [6.07, 6.45) is 3.56. The minimum absolute atomic E-state index is 0.0154. The quantitative estimate of drug-likeness (QED) is 0.611. The summed E-state index contributed by atoms with van der Waals surface area (Å²) in [6, 6.07) is -0.0154. The second kappa shape index (κ2) is 5.47. The van der Waals surface area contributed by atoms with Crippen molar-refractivity contribution in [1.29, 1.82) is 0 Å². The molecular formula is C9H16N3O2. The van der Waals surface area contributed by atoms with Gasteiger partial charge in [0.2, 0.25) is 0 Å². The standard InChI is InChI=1S/C9H16N3O2/c1-10-9(14)12-4-2-8(3-5-12)6-11-7-13/h8H,2-6H2,1H3,(H,10,14)(H,11,13). The van der Waals surface area contributed by atoms with Crippen LogP contribution in [0.4, 0.5) is 4.79 Å². The normalized spacial score (nSPS) is 17.6. The highest BCUT2D eigenvalue weighted by Gasteiger charge is 2.21. The Kier molecular flexibility index (Phi) is 4.22. The summed E-state index contributed by atoms with van der Waals surface area (Å²) < 4.78 is 0. The minimum atomic E-state index is -0.0154. The van der Waals surface area contributed by atoms with Gasteiger partial charge in [0.15, 0.2) is 0 Å². The number of carbonyl (C=O) groups is 1. The Morgan fingerprint density at radius 1 is 1.50 bits per heavy atom. The zero-order valence-corrected chi connectivity index (χ0v) is 8.38. The average Bonchev–Trinajstić information content (AvgIpc) is 2.26. The predicted octanol–water partition coefficient (Wildman–Crippen LogP) is -0.305. The maximum absolute atomic E-state index is 11.2. The molecule has 0 aromatic rings. The van der Waals surface area contributed by atoms with E-state index in [0.717, 1.165) is 25.9 Å². The number of piperidine rings is 1. The number of hydrogen-bond acceptors (Lipinski definition) is 2. The number of urea groups is 1. The van der Waals surface area contributed by atoms with Gasteiger partial charge in [-0.15, -0.1) is 0 Å². The van der Waals surface area contributed by atoms with Gasteiger partial charge >= 0.3 is 12.4 Å². The SMILES string of the molecule is CNC(=O)N1CCC(CN[C]=O)CC1. The fourth-order valence-corrected chi connectivity index (χ4v) is 1.68. The fourth-order valence-electron chi connectivity index (χ4n) is 1.68. The molecule has 1 aliphatic heterocycles. The Morgan fingerprint density at radius 2 is 2.14 bits per heavy atom. The molecule has 1 rings (SSSR count). The molecule has 0 aromatic heterocycles. The van der Waals surface area contributed by atoms with Crippen LogP contribution in [-0.4, -0.2) is 44.0 Å². The monoisotopic (exact) mass is 198 g/mol. The summed E-state index contributed by atoms with van der Waals surface area (Å²) >= 11 is 0. The molecule has 2 N–H and O–H groups in total. The van der Waals surface area contributed by atoms with Crippen molar-refractivity contribution < 1.29 is 9.59 Å². The Morgan fingerprint density at radius 3 is 2.64 bits per heavy atom. The van der Waals surface area contributed by atoms with Crippen LogP contribution in [0.25, 0.3) is 0 Å². The van der Waals surface area contributed by atoms with Gasteiger partial charge in [-0.3, -0.25) is 4.79 Å². The van der Waals surface area contributed by atoms with E-state index in [2.05, 4.69) is 10.6 Å². The highest BCUT2D eigenvalue weighted by Crippen LogP contribution is 2.15. The van der Waals surface area contributed by atoms with Gasteiger partial charge in [-0.2, -0.15) is 0 Å². The van der Waals surface area contributed by atoms with Gasteiger partial charge in [-0.25, -0.2) is 4.79 Å². The number of rotatable bonds is 3. The van der Waals surface area contributed by atoms with Crippen LogP contribution in [0.5, 0.6) is 0 Å². The molecule has 14 heavy (non-hydrogen) atoms. The molecule has 3 amide bonds. The second-order valence-corrected chi connectivity index (χ2v) is 3.47. The minimum Gasteiger partial charge on any atom is -0.348 e. The van der Waals surface area contributed by atoms with E-state index in [1.54, 1.807) is 18.4 Å². The van der Waals surface area contributed by atoms with Gasteiger partial charge < -0.3 is 15.5 Å². The first-order valence-electron chi connectivity index (χ1n) is 4.84. The maximum atomic E-state index is 11.2. The van der Waals surface area contributed by atoms with E-state index < -0.39 is 0 Å². The zero-order valence-electron chi connectivity index (χ0n) is 8.38. The van der Waals surface area contributed by atoms with Crippen LogP contribution in [-0.2, 0) is 4.79 Å². The van der Waals surface area contributed by atoms with Crippen molar-refractivity contribution in [2.45, 2.75) is 12.8 Å². The van der Waals surface area contributed by atoms with Gasteiger partial charge in [-0.05, 0) is 18.8 Å². The fraction of sp³-hybridized carbons (Fsp3) is 0.778. The van der Waals surface area contributed by atoms with E-state index in [0.29, 0.717) is 12.5 Å². The number of carbonyl (C=O) groups excluding carboxylic acids is 2. The van der Waals surface area contributed by atoms with E-state index in [9.17, 15) is 9.59 Å². The molecule has 5 heteroatoms. The smallest absolute Gasteiger partial charge is 0.317 e. The first-order chi connectivity index (χ1) is 6.77. The largest absolute Gasteiger partial charge is 0.348 e. The first kappa shape index (κ1) is 10.8. The third-order valence-corrected chi connectivity index (χ3v) is 2.58. The van der Waals surface area contributed by atoms with Crippen molar-refractivity contribution in [1.82, 2.24) is 15.5 Å². The van der Waals surface area contributed by atoms with Crippen LogP contribution < -0.4 is 10.6 Å². The molecule has 0 atom stereocenters. The number of nitrogens with one attached hydrogen (secondary N) is 2. The summed E-state index contributed by atoms with van der Waals surface area (Å²) in [4.78, 5) is 23.0. The molecule has 1 fully saturated rings. The van der Waals surface area contributed by atoms with Crippen LogP contribution in [0.15, 0.2) is 0 Å². The highest BCUT2D eigenvalue weighted by molar-refractivity contribution is 5.73. The first-order valence-corrected chi connectivity index (χ1v) is 4.84. The lowest BCUT2D eigenvalue weighted by Gasteiger charge is -2.31. The Balaban J connectivity index is 2.24. The number of likely N-dealkylation sites (tertiary alicyclic amines) is 1. The topological polar surface area (TPSA) is 61.4 Å². The van der Waals surface area contributed by atoms with Crippen molar-refractivity contribution in [3.63, 3.8) is 0 Å². The molecule has 1 aliphatic rings. The van der Waals surface area contributed by atoms with Crippen LogP contribution in [0.3, 0.4) is 0 Å². The van der Waals surface area contributed by atoms with Gasteiger partial charge in [0.1, 0.15) is 0 Å². The van der Waals surface area contributed by atoms with Crippen molar-refractivity contribution >= 4 is 12.4 Å². The third kappa shape index (κ3) is 2.90. The molecule has 0 aromatic carbocycles. The summed E-state index contributed by atoms with van der Waals surface area (Å²) in [5, 5.41) is 5.15. The Bertz CT molecular complexity index is 200. The van der Waals surface area contributed by atoms with E-state index in [4.69, 9.17) is 0 Å². The van der Waals surface area contributed by atoms with Crippen molar-refractivity contribution in [2.75, 3.05) is 26.7 Å². The number of nitrogens with zero attached hydrogens (tertiary/aromatic N) is 1. The van der Waals surface area contributed by atoms with Crippen LogP contribution in [0.1, 0.15) is 12.8 Å². The van der Waals surface area contributed by atoms with Crippen LogP contribution in [0, 0.1) is 5.92 Å². The molecule has 0 bridgehead atoms. The molecule has 5 nitrogen and oxygen atoms in total. The van der Waals surface area contributed by atoms with Crippen LogP contribution >= 0.6 is 0 Å². The lowest BCUT2D eigenvalue weighted by Crippen LogP contribution is -2.44. The van der Waals surface area contributed by atoms with Crippen molar-refractivity contribution in [3.05, 3.63) is 0 Å². The molecule has 1 radical (unpaired) electrons. The molecule has 0 saturated carbocycles. The van der Waals surface area contributed by atoms with E-state index in [1.165, 1.54) is 0 Å². The summed E-state index contributed by atoms with van der Waals surface area (Å²) in [7, 11) is 1.64. The molecule has 0 spiro atoms. The molecule has 0 aliphatic carbocycles. The Labute approximate surface area is 83.8 Å². The molecule has 79 valence electrons. The predicted molar refractivity (Wildman–Crippen MR) is 52.4 cm³/mol. The van der Waals surface area contributed by atoms with Crippen molar-refractivity contribution in [3.8, 4) is 0 Å². The molecular weight excluding hydrogens is 182 g/mol. The van der Waals surface area contributed by atoms with Gasteiger partial charge in [-0.1, -0.05) is 0 Å². The lowest BCUT2D eigenvalue weighted by molar-refractivity contribution is 0.173. The molecule has 1 heterocycles.